The van der Waals surface area contributed by atoms with Gasteiger partial charge in [-0.2, -0.15) is 0 Å². The molecule has 1 aliphatic rings. The molecule has 1 heterocycles. The van der Waals surface area contributed by atoms with Crippen molar-refractivity contribution in [2.45, 2.75) is 6.82 Å². The Balaban J connectivity index is 2.53. The zero-order valence-electron chi connectivity index (χ0n) is 9.32. The minimum Gasteiger partial charge on any atom is -0.386 e. The van der Waals surface area contributed by atoms with Crippen molar-refractivity contribution in [3.8, 4) is 0 Å². The van der Waals surface area contributed by atoms with Crippen LogP contribution in [0, 0.1) is 0 Å². The fourth-order valence-corrected chi connectivity index (χ4v) is 2.31. The number of cyclic esters (lactones) is 2. The third-order valence-corrected chi connectivity index (χ3v) is 3.12. The number of carbonyl (C=O) groups is 2. The molecule has 3 nitrogen and oxygen atoms in total. The summed E-state index contributed by atoms with van der Waals surface area (Å²) in [6, 6.07) is 9.24. The van der Waals surface area contributed by atoms with Gasteiger partial charge in [-0.3, -0.25) is 0 Å². The summed E-state index contributed by atoms with van der Waals surface area (Å²) in [5.41, 5.74) is 1.94. The maximum atomic E-state index is 11.8. The van der Waals surface area contributed by atoms with Crippen molar-refractivity contribution in [2.75, 3.05) is 0 Å². The molecule has 0 saturated carbocycles. The molecule has 82 valence electrons. The van der Waals surface area contributed by atoms with Gasteiger partial charge in [-0.15, -0.1) is 0 Å². The van der Waals surface area contributed by atoms with Gasteiger partial charge in [-0.25, -0.2) is 9.59 Å². The standard InChI is InChI=1S/C13H9BO3/c1-14-9-6-5-7-3-2-4-8-10(7)11(9)13(16)17-12(8)15/h2-6,14H,1H3. The number of benzene rings is 2. The number of ether oxygens (including phenoxy) is 1. The summed E-state index contributed by atoms with van der Waals surface area (Å²) in [6.45, 7) is 1.98. The SMILES string of the molecule is CBc1ccc2cccc3c2c1C(=O)OC3=O. The predicted octanol–water partition coefficient (Wildman–Crippen LogP) is 1.26. The quantitative estimate of drug-likeness (QED) is 0.416. The zero-order valence-corrected chi connectivity index (χ0v) is 9.32. The number of hydrogen-bond acceptors (Lipinski definition) is 3. The lowest BCUT2D eigenvalue weighted by Gasteiger charge is -2.17. The molecule has 0 aromatic heterocycles. The van der Waals surface area contributed by atoms with Crippen LogP contribution in [0.4, 0.5) is 0 Å². The van der Waals surface area contributed by atoms with Crippen molar-refractivity contribution in [3.05, 3.63) is 41.5 Å². The van der Waals surface area contributed by atoms with E-state index in [0.29, 0.717) is 11.1 Å². The minimum absolute atomic E-state index is 0.479. The highest BCUT2D eigenvalue weighted by Crippen LogP contribution is 2.27. The van der Waals surface area contributed by atoms with Crippen LogP contribution < -0.4 is 5.46 Å². The summed E-state index contributed by atoms with van der Waals surface area (Å²) < 4.78 is 4.77. The summed E-state index contributed by atoms with van der Waals surface area (Å²) in [7, 11) is 0.739. The topological polar surface area (TPSA) is 43.4 Å². The minimum atomic E-state index is -0.554. The Morgan fingerprint density at radius 3 is 2.65 bits per heavy atom. The molecule has 0 fully saturated rings. The zero-order chi connectivity index (χ0) is 12.0. The van der Waals surface area contributed by atoms with Crippen LogP contribution in [0.25, 0.3) is 10.8 Å². The molecule has 2 aromatic rings. The van der Waals surface area contributed by atoms with Gasteiger partial charge in [0.2, 0.25) is 0 Å². The van der Waals surface area contributed by atoms with Gasteiger partial charge in [-0.05, 0) is 11.5 Å². The Morgan fingerprint density at radius 2 is 1.88 bits per heavy atom. The molecule has 0 saturated heterocycles. The number of esters is 2. The van der Waals surface area contributed by atoms with Gasteiger partial charge in [-0.1, -0.05) is 36.6 Å². The second kappa shape index (κ2) is 3.45. The van der Waals surface area contributed by atoms with E-state index in [1.54, 1.807) is 12.1 Å². The molecule has 0 spiro atoms. The van der Waals surface area contributed by atoms with Crippen LogP contribution in [0.3, 0.4) is 0 Å². The lowest BCUT2D eigenvalue weighted by molar-refractivity contribution is 0.0392. The van der Waals surface area contributed by atoms with E-state index in [2.05, 4.69) is 0 Å². The van der Waals surface area contributed by atoms with E-state index in [0.717, 1.165) is 23.5 Å². The Labute approximate surface area is 98.6 Å². The molecular weight excluding hydrogens is 215 g/mol. The first-order valence-electron chi connectivity index (χ1n) is 5.53. The van der Waals surface area contributed by atoms with Gasteiger partial charge in [0, 0.05) is 5.39 Å². The number of carbonyl (C=O) groups excluding carboxylic acids is 2. The van der Waals surface area contributed by atoms with Crippen LogP contribution in [0.1, 0.15) is 20.7 Å². The van der Waals surface area contributed by atoms with Crippen molar-refractivity contribution in [2.24, 2.45) is 0 Å². The first kappa shape index (κ1) is 10.1. The third-order valence-electron chi connectivity index (χ3n) is 3.12. The largest absolute Gasteiger partial charge is 0.386 e. The normalized spacial score (nSPS) is 13.7. The first-order chi connectivity index (χ1) is 8.22. The molecule has 17 heavy (non-hydrogen) atoms. The Kier molecular flexibility index (Phi) is 2.05. The highest BCUT2D eigenvalue weighted by molar-refractivity contribution is 6.55. The van der Waals surface area contributed by atoms with E-state index >= 15 is 0 Å². The van der Waals surface area contributed by atoms with E-state index in [4.69, 9.17) is 4.74 Å². The second-order valence-electron chi connectivity index (χ2n) is 4.03. The summed E-state index contributed by atoms with van der Waals surface area (Å²) in [6.07, 6.45) is 0. The highest BCUT2D eigenvalue weighted by atomic mass is 16.6. The second-order valence-corrected chi connectivity index (χ2v) is 4.03. The molecule has 1 aliphatic heterocycles. The molecule has 0 amide bonds. The molecule has 3 rings (SSSR count). The van der Waals surface area contributed by atoms with Gasteiger partial charge in [0.15, 0.2) is 7.28 Å². The molecule has 0 atom stereocenters. The summed E-state index contributed by atoms with van der Waals surface area (Å²) in [5, 5.41) is 1.63. The Hall–Kier alpha value is -2.10. The molecule has 4 heteroatoms. The van der Waals surface area contributed by atoms with Gasteiger partial charge in [0.1, 0.15) is 0 Å². The van der Waals surface area contributed by atoms with Crippen molar-refractivity contribution in [1.29, 1.82) is 0 Å². The molecule has 0 radical (unpaired) electrons. The predicted molar refractivity (Wildman–Crippen MR) is 66.3 cm³/mol. The van der Waals surface area contributed by atoms with E-state index in [1.165, 1.54) is 0 Å². The monoisotopic (exact) mass is 224 g/mol. The van der Waals surface area contributed by atoms with Crippen LogP contribution >= 0.6 is 0 Å². The van der Waals surface area contributed by atoms with E-state index in [1.807, 2.05) is 25.0 Å². The molecule has 2 aromatic carbocycles. The van der Waals surface area contributed by atoms with Crippen molar-refractivity contribution < 1.29 is 14.3 Å². The maximum Gasteiger partial charge on any atom is 0.346 e. The van der Waals surface area contributed by atoms with Gasteiger partial charge >= 0.3 is 11.9 Å². The Morgan fingerprint density at radius 1 is 1.06 bits per heavy atom. The Bertz CT molecular complexity index is 661. The average Bonchev–Trinajstić information content (AvgIpc) is 2.35. The van der Waals surface area contributed by atoms with Crippen LogP contribution in [0.15, 0.2) is 30.3 Å². The number of hydrogen-bond donors (Lipinski definition) is 0. The van der Waals surface area contributed by atoms with Crippen molar-refractivity contribution >= 4 is 35.5 Å². The molecule has 0 aliphatic carbocycles. The van der Waals surface area contributed by atoms with Crippen molar-refractivity contribution in [3.63, 3.8) is 0 Å². The number of rotatable bonds is 1. The van der Waals surface area contributed by atoms with Crippen molar-refractivity contribution in [1.82, 2.24) is 0 Å². The fourth-order valence-electron chi connectivity index (χ4n) is 2.31. The smallest absolute Gasteiger partial charge is 0.346 e. The van der Waals surface area contributed by atoms with Crippen LogP contribution in [0.2, 0.25) is 6.82 Å². The summed E-state index contributed by atoms with van der Waals surface area (Å²) in [4.78, 5) is 23.5. The maximum absolute atomic E-state index is 11.8. The van der Waals surface area contributed by atoms with Gasteiger partial charge < -0.3 is 4.74 Å². The van der Waals surface area contributed by atoms with Gasteiger partial charge in [0.05, 0.1) is 11.1 Å². The fraction of sp³-hybridized carbons (Fsp3) is 0.0769. The lowest BCUT2D eigenvalue weighted by atomic mass is 9.69. The van der Waals surface area contributed by atoms with E-state index in [9.17, 15) is 9.59 Å². The van der Waals surface area contributed by atoms with E-state index in [-0.39, 0.29) is 0 Å². The van der Waals surface area contributed by atoms with Crippen LogP contribution in [-0.4, -0.2) is 19.2 Å². The summed E-state index contributed by atoms with van der Waals surface area (Å²) in [5.74, 6) is -1.09. The molecular formula is C13H9BO3. The van der Waals surface area contributed by atoms with E-state index < -0.39 is 11.9 Å². The third kappa shape index (κ3) is 1.30. The molecule has 0 unspecified atom stereocenters. The lowest BCUT2D eigenvalue weighted by Crippen LogP contribution is -2.28. The summed E-state index contributed by atoms with van der Waals surface area (Å²) >= 11 is 0. The van der Waals surface area contributed by atoms with Crippen LogP contribution in [0.5, 0.6) is 0 Å². The van der Waals surface area contributed by atoms with Crippen LogP contribution in [-0.2, 0) is 4.74 Å². The van der Waals surface area contributed by atoms with Gasteiger partial charge in [0.25, 0.3) is 0 Å². The first-order valence-corrected chi connectivity index (χ1v) is 5.53. The molecule has 0 N–H and O–H groups in total. The average molecular weight is 224 g/mol. The highest BCUT2D eigenvalue weighted by Gasteiger charge is 2.28. The molecule has 0 bridgehead atoms.